The zero-order valence-corrected chi connectivity index (χ0v) is 14.3. The van der Waals surface area contributed by atoms with E-state index >= 15 is 0 Å². The molecule has 0 saturated heterocycles. The minimum atomic E-state index is -3.66. The first kappa shape index (κ1) is 19.1. The molecule has 1 aromatic heterocycles. The van der Waals surface area contributed by atoms with Crippen molar-refractivity contribution < 1.29 is 27.5 Å². The Morgan fingerprint density at radius 1 is 1.39 bits per heavy atom. The second-order valence-electron chi connectivity index (χ2n) is 4.88. The fourth-order valence-corrected chi connectivity index (χ4v) is 2.61. The van der Waals surface area contributed by atoms with Crippen LogP contribution >= 0.6 is 0 Å². The van der Waals surface area contributed by atoms with Crippen LogP contribution in [0.5, 0.6) is 0 Å². The van der Waals surface area contributed by atoms with Crippen molar-refractivity contribution >= 4 is 21.9 Å². The molecule has 0 aliphatic carbocycles. The van der Waals surface area contributed by atoms with Gasteiger partial charge in [0.05, 0.1) is 6.61 Å². The Kier molecular flexibility index (Phi) is 6.73. The van der Waals surface area contributed by atoms with Crippen LogP contribution in [0, 0.1) is 0 Å². The van der Waals surface area contributed by atoms with Crippen molar-refractivity contribution in [1.29, 1.82) is 0 Å². The Hall–Kier alpha value is -1.91. The van der Waals surface area contributed by atoms with Crippen LogP contribution in [0.1, 0.15) is 17.4 Å². The van der Waals surface area contributed by atoms with Gasteiger partial charge in [-0.1, -0.05) is 0 Å². The van der Waals surface area contributed by atoms with Crippen LogP contribution in [0.3, 0.4) is 0 Å². The highest BCUT2D eigenvalue weighted by atomic mass is 32.2. The van der Waals surface area contributed by atoms with E-state index in [-0.39, 0.29) is 16.6 Å². The van der Waals surface area contributed by atoms with Crippen molar-refractivity contribution in [2.75, 3.05) is 27.4 Å². The largest absolute Gasteiger partial charge is 0.451 e. The van der Waals surface area contributed by atoms with Crippen LogP contribution < -0.4 is 10.0 Å². The molecule has 9 nitrogen and oxygen atoms in total. The summed E-state index contributed by atoms with van der Waals surface area (Å²) in [6.45, 7) is 1.62. The Bertz CT molecular complexity index is 667. The third-order valence-electron chi connectivity index (χ3n) is 2.93. The fourth-order valence-electron chi connectivity index (χ4n) is 1.82. The summed E-state index contributed by atoms with van der Waals surface area (Å²) in [5, 5.41) is 2.59. The van der Waals surface area contributed by atoms with E-state index < -0.39 is 28.5 Å². The van der Waals surface area contributed by atoms with Crippen LogP contribution in [0.4, 0.5) is 0 Å². The summed E-state index contributed by atoms with van der Waals surface area (Å²) in [5.41, 5.74) is 0.0246. The number of aryl methyl sites for hydroxylation is 1. The molecule has 0 bridgehead atoms. The number of carbonyl (C=O) groups excluding carboxylic acids is 2. The SMILES string of the molecule is CNS(=O)(=O)c1cc(C(=O)OCC(=O)NC(C)COC)n(C)c1. The average Bonchev–Trinajstić information content (AvgIpc) is 2.87. The van der Waals surface area contributed by atoms with Crippen LogP contribution in [0.15, 0.2) is 17.2 Å². The van der Waals surface area contributed by atoms with Gasteiger partial charge in [0.15, 0.2) is 6.61 Å². The van der Waals surface area contributed by atoms with E-state index in [0.29, 0.717) is 6.61 Å². The molecule has 0 spiro atoms. The molecule has 1 amide bonds. The van der Waals surface area contributed by atoms with E-state index in [1.165, 1.54) is 38.0 Å². The summed E-state index contributed by atoms with van der Waals surface area (Å²) in [7, 11) is 0.626. The minimum Gasteiger partial charge on any atom is -0.451 e. The van der Waals surface area contributed by atoms with Gasteiger partial charge in [0.2, 0.25) is 10.0 Å². The van der Waals surface area contributed by atoms with Crippen molar-refractivity contribution in [1.82, 2.24) is 14.6 Å². The Morgan fingerprint density at radius 3 is 2.61 bits per heavy atom. The summed E-state index contributed by atoms with van der Waals surface area (Å²) in [6, 6.07) is 0.966. The Labute approximate surface area is 135 Å². The number of nitrogens with one attached hydrogen (secondary N) is 2. The summed E-state index contributed by atoms with van der Waals surface area (Å²) in [5.74, 6) is -1.26. The molecule has 23 heavy (non-hydrogen) atoms. The lowest BCUT2D eigenvalue weighted by atomic mass is 10.3. The number of amides is 1. The normalized spacial score (nSPS) is 12.7. The molecular formula is C13H21N3O6S. The standard InChI is InChI=1S/C13H21N3O6S/c1-9(7-21-4)15-12(17)8-22-13(18)11-5-10(6-16(11)3)23(19,20)14-2/h5-6,9,14H,7-8H2,1-4H3,(H,15,17). The molecule has 1 heterocycles. The molecule has 0 aliphatic rings. The van der Waals surface area contributed by atoms with Gasteiger partial charge >= 0.3 is 5.97 Å². The fraction of sp³-hybridized carbons (Fsp3) is 0.538. The first-order valence-electron chi connectivity index (χ1n) is 6.76. The molecule has 1 unspecified atom stereocenters. The van der Waals surface area contributed by atoms with Gasteiger partial charge in [-0.15, -0.1) is 0 Å². The van der Waals surface area contributed by atoms with Crippen molar-refractivity contribution in [3.63, 3.8) is 0 Å². The van der Waals surface area contributed by atoms with Gasteiger partial charge < -0.3 is 19.4 Å². The smallest absolute Gasteiger partial charge is 0.355 e. The van der Waals surface area contributed by atoms with Crippen molar-refractivity contribution in [2.24, 2.45) is 7.05 Å². The van der Waals surface area contributed by atoms with E-state index in [9.17, 15) is 18.0 Å². The lowest BCUT2D eigenvalue weighted by molar-refractivity contribution is -0.125. The zero-order chi connectivity index (χ0) is 17.6. The van der Waals surface area contributed by atoms with Gasteiger partial charge in [-0.05, 0) is 20.0 Å². The molecule has 10 heteroatoms. The number of sulfonamides is 1. The molecule has 0 aliphatic heterocycles. The van der Waals surface area contributed by atoms with Crippen molar-refractivity contribution in [2.45, 2.75) is 17.9 Å². The molecule has 1 atom stereocenters. The molecular weight excluding hydrogens is 326 g/mol. The third kappa shape index (κ3) is 5.34. The number of hydrogen-bond acceptors (Lipinski definition) is 6. The van der Waals surface area contributed by atoms with Crippen LogP contribution in [0.2, 0.25) is 0 Å². The highest BCUT2D eigenvalue weighted by Crippen LogP contribution is 2.13. The highest BCUT2D eigenvalue weighted by Gasteiger charge is 2.20. The number of nitrogens with zero attached hydrogens (tertiary/aromatic N) is 1. The number of methoxy groups -OCH3 is 1. The molecule has 2 N–H and O–H groups in total. The second kappa shape index (κ2) is 8.09. The summed E-state index contributed by atoms with van der Waals surface area (Å²) in [4.78, 5) is 23.5. The van der Waals surface area contributed by atoms with Gasteiger partial charge in [-0.2, -0.15) is 0 Å². The second-order valence-corrected chi connectivity index (χ2v) is 6.77. The summed E-state index contributed by atoms with van der Waals surface area (Å²) < 4.78 is 36.6. The molecule has 0 aromatic carbocycles. The molecule has 0 fully saturated rings. The van der Waals surface area contributed by atoms with Crippen molar-refractivity contribution in [3.05, 3.63) is 18.0 Å². The van der Waals surface area contributed by atoms with Gasteiger partial charge in [-0.3, -0.25) is 4.79 Å². The number of carbonyl (C=O) groups is 2. The molecule has 0 saturated carbocycles. The maximum absolute atomic E-state index is 11.9. The van der Waals surface area contributed by atoms with E-state index in [2.05, 4.69) is 10.0 Å². The van der Waals surface area contributed by atoms with Gasteiger partial charge in [0.25, 0.3) is 5.91 Å². The van der Waals surface area contributed by atoms with Crippen molar-refractivity contribution in [3.8, 4) is 0 Å². The Balaban J connectivity index is 2.67. The number of hydrogen-bond donors (Lipinski definition) is 2. The topological polar surface area (TPSA) is 116 Å². The number of rotatable bonds is 8. The van der Waals surface area contributed by atoms with E-state index in [0.717, 1.165) is 0 Å². The van der Waals surface area contributed by atoms with Crippen LogP contribution in [-0.2, 0) is 31.3 Å². The molecule has 1 rings (SSSR count). The first-order chi connectivity index (χ1) is 10.7. The average molecular weight is 347 g/mol. The molecule has 0 radical (unpaired) electrons. The summed E-state index contributed by atoms with van der Waals surface area (Å²) >= 11 is 0. The zero-order valence-electron chi connectivity index (χ0n) is 13.5. The lowest BCUT2D eigenvalue weighted by Crippen LogP contribution is -2.38. The Morgan fingerprint density at radius 2 is 2.04 bits per heavy atom. The molecule has 1 aromatic rings. The van der Waals surface area contributed by atoms with E-state index in [1.54, 1.807) is 6.92 Å². The quantitative estimate of drug-likeness (QED) is 0.597. The van der Waals surface area contributed by atoms with Gasteiger partial charge in [-0.25, -0.2) is 17.9 Å². The maximum Gasteiger partial charge on any atom is 0.355 e. The highest BCUT2D eigenvalue weighted by molar-refractivity contribution is 7.89. The maximum atomic E-state index is 11.9. The van der Waals surface area contributed by atoms with E-state index in [1.807, 2.05) is 0 Å². The number of ether oxygens (including phenoxy) is 2. The lowest BCUT2D eigenvalue weighted by Gasteiger charge is -2.12. The predicted molar refractivity (Wildman–Crippen MR) is 81.4 cm³/mol. The predicted octanol–water partition coefficient (Wildman–Crippen LogP) is -0.759. The minimum absolute atomic E-state index is 0.0246. The van der Waals surface area contributed by atoms with Crippen LogP contribution in [-0.4, -0.2) is 58.3 Å². The molecule has 130 valence electrons. The van der Waals surface area contributed by atoms with Gasteiger partial charge in [0.1, 0.15) is 10.6 Å². The van der Waals surface area contributed by atoms with Gasteiger partial charge in [0, 0.05) is 26.4 Å². The first-order valence-corrected chi connectivity index (χ1v) is 8.25. The number of esters is 1. The third-order valence-corrected chi connectivity index (χ3v) is 4.31. The van der Waals surface area contributed by atoms with Crippen LogP contribution in [0.25, 0.3) is 0 Å². The summed E-state index contributed by atoms with van der Waals surface area (Å²) in [6.07, 6.45) is 1.28. The number of aromatic nitrogens is 1. The van der Waals surface area contributed by atoms with E-state index in [4.69, 9.17) is 9.47 Å². The monoisotopic (exact) mass is 347 g/mol.